The van der Waals surface area contributed by atoms with Gasteiger partial charge >= 0.3 is 0 Å². The first kappa shape index (κ1) is 18.6. The highest BCUT2D eigenvalue weighted by Gasteiger charge is 2.15. The molecule has 138 valence electrons. The van der Waals surface area contributed by atoms with E-state index in [4.69, 9.17) is 0 Å². The zero-order valence-electron chi connectivity index (χ0n) is 16.1. The van der Waals surface area contributed by atoms with Gasteiger partial charge in [-0.2, -0.15) is 0 Å². The van der Waals surface area contributed by atoms with Crippen molar-refractivity contribution in [3.8, 4) is 0 Å². The largest absolute Gasteiger partial charge is 0.354 e. The van der Waals surface area contributed by atoms with Gasteiger partial charge < -0.3 is 10.2 Å². The second kappa shape index (κ2) is 8.49. The van der Waals surface area contributed by atoms with Crippen LogP contribution in [0.1, 0.15) is 34.1 Å². The Hall–Kier alpha value is -3.14. The van der Waals surface area contributed by atoms with E-state index in [1.807, 2.05) is 43.3 Å². The molecule has 1 amide bonds. The molecule has 0 radical (unpaired) electrons. The van der Waals surface area contributed by atoms with Crippen molar-refractivity contribution in [1.82, 2.24) is 9.88 Å². The van der Waals surface area contributed by atoms with Gasteiger partial charge in [-0.15, -0.1) is 0 Å². The Bertz CT molecular complexity index is 884. The molecule has 0 aliphatic heterocycles. The zero-order chi connectivity index (χ0) is 19.2. The lowest BCUT2D eigenvalue weighted by molar-refractivity contribution is 0.0746. The van der Waals surface area contributed by atoms with E-state index in [1.54, 1.807) is 17.2 Å². The standard InChI is InChI=1S/C23H25N3O/c1-4-26(16-19-8-6-5-7-9-19)23(27)22-11-10-20(15-24-22)25-21-13-17(2)12-18(3)14-21/h5-15,25H,4,16H2,1-3H3. The number of hydrogen-bond donors (Lipinski definition) is 1. The molecule has 0 saturated carbocycles. The molecule has 0 atom stereocenters. The fourth-order valence-corrected chi connectivity index (χ4v) is 3.10. The number of hydrogen-bond acceptors (Lipinski definition) is 3. The van der Waals surface area contributed by atoms with Crippen LogP contribution >= 0.6 is 0 Å². The van der Waals surface area contributed by atoms with Crippen molar-refractivity contribution < 1.29 is 4.79 Å². The lowest BCUT2D eigenvalue weighted by atomic mass is 10.1. The maximum Gasteiger partial charge on any atom is 0.272 e. The molecule has 1 N–H and O–H groups in total. The van der Waals surface area contributed by atoms with Gasteiger partial charge in [0.05, 0.1) is 11.9 Å². The van der Waals surface area contributed by atoms with Gasteiger partial charge in [0, 0.05) is 18.8 Å². The van der Waals surface area contributed by atoms with Crippen molar-refractivity contribution in [1.29, 1.82) is 0 Å². The van der Waals surface area contributed by atoms with Crippen LogP contribution in [0.25, 0.3) is 0 Å². The molecule has 3 aromatic rings. The molecule has 0 aliphatic rings. The predicted octanol–water partition coefficient (Wildman–Crippen LogP) is 5.10. The number of aryl methyl sites for hydroxylation is 2. The SMILES string of the molecule is CCN(Cc1ccccc1)C(=O)c1ccc(Nc2cc(C)cc(C)c2)cn1. The average Bonchev–Trinajstić information content (AvgIpc) is 2.66. The predicted molar refractivity (Wildman–Crippen MR) is 110 cm³/mol. The molecular weight excluding hydrogens is 334 g/mol. The van der Waals surface area contributed by atoms with E-state index in [0.717, 1.165) is 16.9 Å². The van der Waals surface area contributed by atoms with E-state index in [-0.39, 0.29) is 5.91 Å². The molecule has 0 spiro atoms. The number of aromatic nitrogens is 1. The highest BCUT2D eigenvalue weighted by atomic mass is 16.2. The van der Waals surface area contributed by atoms with Gasteiger partial charge in [0.2, 0.25) is 0 Å². The van der Waals surface area contributed by atoms with Crippen LogP contribution < -0.4 is 5.32 Å². The van der Waals surface area contributed by atoms with Crippen LogP contribution in [0.4, 0.5) is 11.4 Å². The molecule has 4 heteroatoms. The second-order valence-corrected chi connectivity index (χ2v) is 6.74. The summed E-state index contributed by atoms with van der Waals surface area (Å²) in [5.74, 6) is -0.0562. The van der Waals surface area contributed by atoms with Crippen molar-refractivity contribution in [2.45, 2.75) is 27.3 Å². The summed E-state index contributed by atoms with van der Waals surface area (Å²) in [5.41, 5.74) is 5.86. The number of rotatable bonds is 6. The zero-order valence-corrected chi connectivity index (χ0v) is 16.1. The third-order valence-electron chi connectivity index (χ3n) is 4.38. The maximum atomic E-state index is 12.8. The van der Waals surface area contributed by atoms with Gasteiger partial charge in [0.25, 0.3) is 5.91 Å². The summed E-state index contributed by atoms with van der Waals surface area (Å²) in [6, 6.07) is 20.0. The molecule has 1 heterocycles. The quantitative estimate of drug-likeness (QED) is 0.665. The molecule has 0 bridgehead atoms. The molecule has 3 rings (SSSR count). The number of nitrogens with zero attached hydrogens (tertiary/aromatic N) is 2. The topological polar surface area (TPSA) is 45.2 Å². The van der Waals surface area contributed by atoms with Gasteiger partial charge in [-0.05, 0) is 61.7 Å². The summed E-state index contributed by atoms with van der Waals surface area (Å²) in [6.07, 6.45) is 1.71. The first-order valence-electron chi connectivity index (χ1n) is 9.19. The Balaban J connectivity index is 1.70. The number of carbonyl (C=O) groups is 1. The van der Waals surface area contributed by atoms with Crippen LogP contribution in [-0.2, 0) is 6.54 Å². The molecule has 27 heavy (non-hydrogen) atoms. The summed E-state index contributed by atoms with van der Waals surface area (Å²) in [5, 5.41) is 3.35. The summed E-state index contributed by atoms with van der Waals surface area (Å²) in [6.45, 7) is 7.35. The monoisotopic (exact) mass is 359 g/mol. The number of pyridine rings is 1. The van der Waals surface area contributed by atoms with Crippen LogP contribution in [0.15, 0.2) is 66.9 Å². The highest BCUT2D eigenvalue weighted by molar-refractivity contribution is 5.92. The normalized spacial score (nSPS) is 10.5. The summed E-state index contributed by atoms with van der Waals surface area (Å²) in [4.78, 5) is 19.0. The molecule has 4 nitrogen and oxygen atoms in total. The van der Waals surface area contributed by atoms with Gasteiger partial charge in [0.15, 0.2) is 0 Å². The second-order valence-electron chi connectivity index (χ2n) is 6.74. The third kappa shape index (κ3) is 4.94. The lowest BCUT2D eigenvalue weighted by Gasteiger charge is -2.20. The van der Waals surface area contributed by atoms with Crippen LogP contribution in [-0.4, -0.2) is 22.3 Å². The first-order valence-corrected chi connectivity index (χ1v) is 9.19. The van der Waals surface area contributed by atoms with Crippen LogP contribution in [0.2, 0.25) is 0 Å². The Morgan fingerprint density at radius 2 is 1.67 bits per heavy atom. The Kier molecular flexibility index (Phi) is 5.87. The Labute approximate surface area is 160 Å². The Morgan fingerprint density at radius 1 is 0.963 bits per heavy atom. The minimum atomic E-state index is -0.0562. The summed E-state index contributed by atoms with van der Waals surface area (Å²) < 4.78 is 0. The molecule has 0 saturated heterocycles. The molecular formula is C23H25N3O. The van der Waals surface area contributed by atoms with Crippen molar-refractivity contribution in [2.24, 2.45) is 0 Å². The van der Waals surface area contributed by atoms with Crippen molar-refractivity contribution in [3.05, 3.63) is 89.2 Å². The van der Waals surface area contributed by atoms with Crippen molar-refractivity contribution >= 4 is 17.3 Å². The van der Waals surface area contributed by atoms with Gasteiger partial charge in [-0.3, -0.25) is 4.79 Å². The van der Waals surface area contributed by atoms with Crippen molar-refractivity contribution in [2.75, 3.05) is 11.9 Å². The Morgan fingerprint density at radius 3 is 2.26 bits per heavy atom. The van der Waals surface area contributed by atoms with E-state index >= 15 is 0 Å². The fourth-order valence-electron chi connectivity index (χ4n) is 3.10. The van der Waals surface area contributed by atoms with E-state index in [1.165, 1.54) is 11.1 Å². The van der Waals surface area contributed by atoms with E-state index in [0.29, 0.717) is 18.8 Å². The van der Waals surface area contributed by atoms with Crippen LogP contribution in [0, 0.1) is 13.8 Å². The smallest absolute Gasteiger partial charge is 0.272 e. The van der Waals surface area contributed by atoms with Crippen molar-refractivity contribution in [3.63, 3.8) is 0 Å². The summed E-state index contributed by atoms with van der Waals surface area (Å²) in [7, 11) is 0. The number of nitrogens with one attached hydrogen (secondary N) is 1. The van der Waals surface area contributed by atoms with Gasteiger partial charge in [-0.25, -0.2) is 4.98 Å². The summed E-state index contributed by atoms with van der Waals surface area (Å²) >= 11 is 0. The molecule has 2 aromatic carbocycles. The average molecular weight is 359 g/mol. The number of amides is 1. The van der Waals surface area contributed by atoms with Gasteiger partial charge in [-0.1, -0.05) is 36.4 Å². The number of anilines is 2. The molecule has 1 aromatic heterocycles. The molecule has 0 aliphatic carbocycles. The van der Waals surface area contributed by atoms with Crippen LogP contribution in [0.3, 0.4) is 0 Å². The lowest BCUT2D eigenvalue weighted by Crippen LogP contribution is -2.30. The minimum Gasteiger partial charge on any atom is -0.354 e. The number of benzene rings is 2. The van der Waals surface area contributed by atoms with Gasteiger partial charge in [0.1, 0.15) is 5.69 Å². The van der Waals surface area contributed by atoms with E-state index < -0.39 is 0 Å². The molecule has 0 unspecified atom stereocenters. The molecule has 0 fully saturated rings. The fraction of sp³-hybridized carbons (Fsp3) is 0.217. The highest BCUT2D eigenvalue weighted by Crippen LogP contribution is 2.19. The first-order chi connectivity index (χ1) is 13.0. The maximum absolute atomic E-state index is 12.8. The minimum absolute atomic E-state index is 0.0562. The van der Waals surface area contributed by atoms with E-state index in [9.17, 15) is 4.79 Å². The van der Waals surface area contributed by atoms with E-state index in [2.05, 4.69) is 42.3 Å². The van der Waals surface area contributed by atoms with Crippen LogP contribution in [0.5, 0.6) is 0 Å². The third-order valence-corrected chi connectivity index (χ3v) is 4.38. The number of carbonyl (C=O) groups excluding carboxylic acids is 1.